The van der Waals surface area contributed by atoms with Gasteiger partial charge in [-0.1, -0.05) is 12.1 Å². The fraction of sp³-hybridized carbons (Fsp3) is 0.562. The Balaban J connectivity index is 1.91. The van der Waals surface area contributed by atoms with Crippen LogP contribution in [0.2, 0.25) is 0 Å². The summed E-state index contributed by atoms with van der Waals surface area (Å²) in [5.41, 5.74) is 1.03. The smallest absolute Gasteiger partial charge is 0.223 e. The lowest BCUT2D eigenvalue weighted by Gasteiger charge is -2.26. The highest BCUT2D eigenvalue weighted by molar-refractivity contribution is 7.99. The minimum atomic E-state index is -0.136. The number of amides is 1. The third-order valence-corrected chi connectivity index (χ3v) is 5.03. The molecule has 0 aliphatic carbocycles. The topological polar surface area (TPSA) is 32.3 Å². The normalized spacial score (nSPS) is 17.4. The molecule has 3 nitrogen and oxygen atoms in total. The van der Waals surface area contributed by atoms with Gasteiger partial charge in [0.2, 0.25) is 5.91 Å². The van der Waals surface area contributed by atoms with Crippen molar-refractivity contribution in [2.24, 2.45) is 0 Å². The van der Waals surface area contributed by atoms with Crippen LogP contribution in [0.5, 0.6) is 0 Å². The number of hydrogen-bond donors (Lipinski definition) is 1. The number of carbonyl (C=O) groups is 1. The van der Waals surface area contributed by atoms with Crippen LogP contribution >= 0.6 is 11.8 Å². The van der Waals surface area contributed by atoms with Gasteiger partial charge in [0.05, 0.1) is 0 Å². The van der Waals surface area contributed by atoms with Crippen LogP contribution in [0, 0.1) is 5.82 Å². The maximum atomic E-state index is 13.8. The van der Waals surface area contributed by atoms with Crippen molar-refractivity contribution in [3.63, 3.8) is 0 Å². The molecule has 1 aliphatic rings. The van der Waals surface area contributed by atoms with Crippen molar-refractivity contribution in [1.29, 1.82) is 0 Å². The molecule has 1 atom stereocenters. The molecule has 1 heterocycles. The largest absolute Gasteiger partial charge is 0.343 e. The average Bonchev–Trinajstić information content (AvgIpc) is 2.49. The fourth-order valence-electron chi connectivity index (χ4n) is 2.69. The molecule has 1 unspecified atom stereocenters. The summed E-state index contributed by atoms with van der Waals surface area (Å²) in [6.07, 6.45) is 1.47. The Kier molecular flexibility index (Phi) is 6.06. The van der Waals surface area contributed by atoms with Crippen LogP contribution in [0.4, 0.5) is 4.39 Å². The third kappa shape index (κ3) is 3.98. The second kappa shape index (κ2) is 7.80. The van der Waals surface area contributed by atoms with E-state index in [-0.39, 0.29) is 17.8 Å². The number of hydrogen-bond acceptors (Lipinski definition) is 3. The van der Waals surface area contributed by atoms with E-state index < -0.39 is 0 Å². The van der Waals surface area contributed by atoms with E-state index in [0.717, 1.165) is 35.7 Å². The van der Waals surface area contributed by atoms with Crippen molar-refractivity contribution in [3.05, 3.63) is 29.6 Å². The summed E-state index contributed by atoms with van der Waals surface area (Å²) in [6, 6.07) is 5.41. The molecule has 1 aromatic carbocycles. The van der Waals surface area contributed by atoms with Gasteiger partial charge in [-0.3, -0.25) is 4.79 Å². The van der Waals surface area contributed by atoms with Gasteiger partial charge in [-0.15, -0.1) is 11.8 Å². The quantitative estimate of drug-likeness (QED) is 0.875. The number of nitrogens with one attached hydrogen (secondary N) is 1. The number of thioether (sulfide) groups is 1. The van der Waals surface area contributed by atoms with Gasteiger partial charge in [-0.05, 0) is 37.7 Å². The SMILES string of the molecule is CCN(CC)C(=O)CCNC1CCSc2c(F)cccc21. The van der Waals surface area contributed by atoms with E-state index in [1.807, 2.05) is 24.8 Å². The number of benzene rings is 1. The molecule has 0 bridgehead atoms. The number of carbonyl (C=O) groups excluding carboxylic acids is 1. The minimum Gasteiger partial charge on any atom is -0.343 e. The van der Waals surface area contributed by atoms with Crippen LogP contribution in [0.25, 0.3) is 0 Å². The maximum Gasteiger partial charge on any atom is 0.223 e. The lowest BCUT2D eigenvalue weighted by molar-refractivity contribution is -0.130. The van der Waals surface area contributed by atoms with Gasteiger partial charge in [-0.2, -0.15) is 0 Å². The molecule has 1 N–H and O–H groups in total. The Bertz CT molecular complexity index is 491. The average molecular weight is 310 g/mol. The Morgan fingerprint density at radius 1 is 1.43 bits per heavy atom. The second-order valence-electron chi connectivity index (χ2n) is 5.12. The molecule has 2 rings (SSSR count). The van der Waals surface area contributed by atoms with E-state index in [1.165, 1.54) is 6.07 Å². The second-order valence-corrected chi connectivity index (χ2v) is 6.22. The molecule has 0 spiro atoms. The van der Waals surface area contributed by atoms with Crippen LogP contribution in [0.1, 0.15) is 38.3 Å². The predicted octanol–water partition coefficient (Wildman–Crippen LogP) is 3.21. The van der Waals surface area contributed by atoms with Gasteiger partial charge in [0.25, 0.3) is 0 Å². The molecule has 0 aromatic heterocycles. The lowest BCUT2D eigenvalue weighted by Crippen LogP contribution is -2.34. The van der Waals surface area contributed by atoms with Crippen molar-refractivity contribution in [2.45, 2.75) is 37.6 Å². The summed E-state index contributed by atoms with van der Waals surface area (Å²) in [5, 5.41) is 3.41. The van der Waals surface area contributed by atoms with Crippen LogP contribution < -0.4 is 5.32 Å². The molecule has 0 fully saturated rings. The molecule has 116 valence electrons. The van der Waals surface area contributed by atoms with E-state index in [9.17, 15) is 9.18 Å². The monoisotopic (exact) mass is 310 g/mol. The highest BCUT2D eigenvalue weighted by atomic mass is 32.2. The zero-order valence-electron chi connectivity index (χ0n) is 12.7. The number of rotatable bonds is 6. The molecule has 5 heteroatoms. The molecule has 1 amide bonds. The summed E-state index contributed by atoms with van der Waals surface area (Å²) in [4.78, 5) is 14.6. The zero-order chi connectivity index (χ0) is 15.2. The standard InChI is InChI=1S/C16H23FN2OS/c1-3-19(4-2)15(20)8-10-18-14-9-11-21-16-12(14)6-5-7-13(16)17/h5-7,14,18H,3-4,8-11H2,1-2H3. The third-order valence-electron chi connectivity index (χ3n) is 3.87. The first-order valence-electron chi connectivity index (χ1n) is 7.59. The van der Waals surface area contributed by atoms with Gasteiger partial charge >= 0.3 is 0 Å². The Labute approximate surface area is 130 Å². The Hall–Kier alpha value is -1.07. The summed E-state index contributed by atoms with van der Waals surface area (Å²) < 4.78 is 13.8. The van der Waals surface area contributed by atoms with E-state index in [4.69, 9.17) is 0 Å². The summed E-state index contributed by atoms with van der Waals surface area (Å²) in [6.45, 7) is 6.13. The van der Waals surface area contributed by atoms with Crippen LogP contribution in [-0.4, -0.2) is 36.2 Å². The van der Waals surface area contributed by atoms with Crippen molar-refractivity contribution < 1.29 is 9.18 Å². The molecular formula is C16H23FN2OS. The van der Waals surface area contributed by atoms with E-state index in [0.29, 0.717) is 13.0 Å². The first-order chi connectivity index (χ1) is 10.2. The zero-order valence-corrected chi connectivity index (χ0v) is 13.5. The molecule has 1 aromatic rings. The number of fused-ring (bicyclic) bond motifs is 1. The van der Waals surface area contributed by atoms with Gasteiger partial charge in [0.15, 0.2) is 0 Å². The molecule has 0 radical (unpaired) electrons. The van der Waals surface area contributed by atoms with Crippen molar-refractivity contribution in [3.8, 4) is 0 Å². The predicted molar refractivity (Wildman–Crippen MR) is 85.0 cm³/mol. The van der Waals surface area contributed by atoms with E-state index in [2.05, 4.69) is 5.32 Å². The molecule has 21 heavy (non-hydrogen) atoms. The van der Waals surface area contributed by atoms with Crippen LogP contribution in [0.15, 0.2) is 23.1 Å². The number of halogens is 1. The Morgan fingerprint density at radius 2 is 2.19 bits per heavy atom. The Morgan fingerprint density at radius 3 is 2.90 bits per heavy atom. The van der Waals surface area contributed by atoms with Gasteiger partial charge in [0, 0.05) is 37.0 Å². The number of nitrogens with zero attached hydrogens (tertiary/aromatic N) is 1. The summed E-state index contributed by atoms with van der Waals surface area (Å²) in [5.74, 6) is 0.954. The summed E-state index contributed by atoms with van der Waals surface area (Å²) >= 11 is 1.58. The van der Waals surface area contributed by atoms with Crippen molar-refractivity contribution >= 4 is 17.7 Å². The van der Waals surface area contributed by atoms with E-state index in [1.54, 1.807) is 17.8 Å². The summed E-state index contributed by atoms with van der Waals surface area (Å²) in [7, 11) is 0. The minimum absolute atomic E-state index is 0.136. The first-order valence-corrected chi connectivity index (χ1v) is 8.58. The fourth-order valence-corrected chi connectivity index (χ4v) is 3.83. The first kappa shape index (κ1) is 16.3. The van der Waals surface area contributed by atoms with Gasteiger partial charge in [0.1, 0.15) is 5.82 Å². The van der Waals surface area contributed by atoms with Crippen LogP contribution in [0.3, 0.4) is 0 Å². The molecular weight excluding hydrogens is 287 g/mol. The lowest BCUT2D eigenvalue weighted by atomic mass is 10.0. The van der Waals surface area contributed by atoms with Gasteiger partial charge in [-0.25, -0.2) is 4.39 Å². The highest BCUT2D eigenvalue weighted by Gasteiger charge is 2.22. The highest BCUT2D eigenvalue weighted by Crippen LogP contribution is 2.37. The van der Waals surface area contributed by atoms with Crippen LogP contribution in [-0.2, 0) is 4.79 Å². The van der Waals surface area contributed by atoms with Crippen molar-refractivity contribution in [1.82, 2.24) is 10.2 Å². The van der Waals surface area contributed by atoms with E-state index >= 15 is 0 Å². The van der Waals surface area contributed by atoms with Crippen molar-refractivity contribution in [2.75, 3.05) is 25.4 Å². The molecule has 0 saturated heterocycles. The maximum absolute atomic E-state index is 13.8. The van der Waals surface area contributed by atoms with Gasteiger partial charge < -0.3 is 10.2 Å². The molecule has 0 saturated carbocycles. The molecule has 1 aliphatic heterocycles.